The molecule has 3 heteroatoms. The zero-order valence-corrected chi connectivity index (χ0v) is 25.0. The van der Waals surface area contributed by atoms with Gasteiger partial charge in [0, 0.05) is 27.6 Å². The highest BCUT2D eigenvalue weighted by Crippen LogP contribution is 2.38. The summed E-state index contributed by atoms with van der Waals surface area (Å²) in [4.78, 5) is 5.03. The molecule has 9 aromatic rings. The molecule has 0 fully saturated rings. The Hall–Kier alpha value is -6.19. The average Bonchev–Trinajstić information content (AvgIpc) is 3.72. The first kappa shape index (κ1) is 26.2. The van der Waals surface area contributed by atoms with Crippen molar-refractivity contribution in [3.63, 3.8) is 0 Å². The standard InChI is InChI=1S/C43H28N2O/c1-4-12-29(13-5-1)34-27-37(31-14-6-2-7-15-31)42-41(28-34)46-43(44-42)32-22-20-30(21-23-32)33-24-25-40-38(26-33)36-18-10-11-19-39(36)45(40)35-16-8-3-9-17-35/h1-28H. The molecule has 0 bridgehead atoms. The molecule has 0 N–H and O–H groups in total. The summed E-state index contributed by atoms with van der Waals surface area (Å²) in [6, 6.07) is 59.7. The number of aromatic nitrogens is 2. The molecule has 2 heterocycles. The van der Waals surface area contributed by atoms with E-state index in [-0.39, 0.29) is 0 Å². The Labute approximate surface area is 266 Å². The maximum Gasteiger partial charge on any atom is 0.227 e. The van der Waals surface area contributed by atoms with Crippen LogP contribution in [0, 0.1) is 0 Å². The summed E-state index contributed by atoms with van der Waals surface area (Å²) in [7, 11) is 0. The molecule has 0 radical (unpaired) electrons. The fourth-order valence-electron chi connectivity index (χ4n) is 6.60. The number of para-hydroxylation sites is 2. The van der Waals surface area contributed by atoms with E-state index in [1.807, 2.05) is 12.1 Å². The van der Waals surface area contributed by atoms with Gasteiger partial charge in [0.15, 0.2) is 5.58 Å². The Balaban J connectivity index is 1.12. The molecular formula is C43H28N2O. The molecule has 0 aliphatic carbocycles. The molecule has 0 atom stereocenters. The fourth-order valence-corrected chi connectivity index (χ4v) is 6.60. The first-order valence-electron chi connectivity index (χ1n) is 15.5. The number of benzene rings is 7. The first-order valence-corrected chi connectivity index (χ1v) is 15.5. The van der Waals surface area contributed by atoms with E-state index >= 15 is 0 Å². The third kappa shape index (κ3) is 4.41. The molecule has 7 aromatic carbocycles. The molecule has 3 nitrogen and oxygen atoms in total. The number of hydrogen-bond acceptors (Lipinski definition) is 2. The zero-order valence-electron chi connectivity index (χ0n) is 25.0. The predicted octanol–water partition coefficient (Wildman–Crippen LogP) is 11.6. The molecule has 0 saturated heterocycles. The van der Waals surface area contributed by atoms with E-state index in [0.29, 0.717) is 5.89 Å². The summed E-state index contributed by atoms with van der Waals surface area (Å²) < 4.78 is 8.81. The number of nitrogens with zero attached hydrogens (tertiary/aromatic N) is 2. The van der Waals surface area contributed by atoms with E-state index in [4.69, 9.17) is 9.40 Å². The summed E-state index contributed by atoms with van der Waals surface area (Å²) in [6.45, 7) is 0. The first-order chi connectivity index (χ1) is 22.8. The van der Waals surface area contributed by atoms with Crippen molar-refractivity contribution in [3.05, 3.63) is 170 Å². The summed E-state index contributed by atoms with van der Waals surface area (Å²) in [5.74, 6) is 0.616. The summed E-state index contributed by atoms with van der Waals surface area (Å²) in [5.41, 5.74) is 12.9. The minimum Gasteiger partial charge on any atom is -0.436 e. The predicted molar refractivity (Wildman–Crippen MR) is 190 cm³/mol. The molecular weight excluding hydrogens is 560 g/mol. The summed E-state index contributed by atoms with van der Waals surface area (Å²) in [6.07, 6.45) is 0. The Morgan fingerprint density at radius 2 is 1.00 bits per heavy atom. The van der Waals surface area contributed by atoms with Crippen molar-refractivity contribution in [1.29, 1.82) is 0 Å². The van der Waals surface area contributed by atoms with Crippen LogP contribution in [-0.2, 0) is 0 Å². The topological polar surface area (TPSA) is 31.0 Å². The maximum atomic E-state index is 6.46. The van der Waals surface area contributed by atoms with Crippen LogP contribution in [0.2, 0.25) is 0 Å². The SMILES string of the molecule is c1ccc(-c2cc(-c3ccccc3)c3nc(-c4ccc(-c5ccc6c(c5)c5ccccc5n6-c5ccccc5)cc4)oc3c2)cc1. The second-order valence-corrected chi connectivity index (χ2v) is 11.6. The monoisotopic (exact) mass is 588 g/mol. The van der Waals surface area contributed by atoms with E-state index in [1.165, 1.54) is 27.4 Å². The van der Waals surface area contributed by atoms with Crippen molar-refractivity contribution in [2.75, 3.05) is 0 Å². The van der Waals surface area contributed by atoms with Gasteiger partial charge in [0.2, 0.25) is 5.89 Å². The summed E-state index contributed by atoms with van der Waals surface area (Å²) >= 11 is 0. The number of hydrogen-bond donors (Lipinski definition) is 0. The minimum atomic E-state index is 0.616. The number of oxazole rings is 1. The van der Waals surface area contributed by atoms with E-state index in [9.17, 15) is 0 Å². The van der Waals surface area contributed by atoms with Crippen LogP contribution in [0.15, 0.2) is 174 Å². The van der Waals surface area contributed by atoms with Gasteiger partial charge in [-0.05, 0) is 82.4 Å². The van der Waals surface area contributed by atoms with E-state index in [2.05, 4.69) is 162 Å². The Bertz CT molecular complexity index is 2490. The zero-order chi connectivity index (χ0) is 30.5. The van der Waals surface area contributed by atoms with Crippen molar-refractivity contribution in [2.24, 2.45) is 0 Å². The number of fused-ring (bicyclic) bond motifs is 4. The van der Waals surface area contributed by atoms with Crippen LogP contribution in [0.4, 0.5) is 0 Å². The maximum absolute atomic E-state index is 6.46. The number of rotatable bonds is 5. The molecule has 2 aromatic heterocycles. The minimum absolute atomic E-state index is 0.616. The normalized spacial score (nSPS) is 11.5. The van der Waals surface area contributed by atoms with Gasteiger partial charge in [0.25, 0.3) is 0 Å². The quantitative estimate of drug-likeness (QED) is 0.200. The lowest BCUT2D eigenvalue weighted by Gasteiger charge is -2.08. The highest BCUT2D eigenvalue weighted by Gasteiger charge is 2.17. The molecule has 9 rings (SSSR count). The van der Waals surface area contributed by atoms with Gasteiger partial charge in [0.1, 0.15) is 5.52 Å². The van der Waals surface area contributed by atoms with Crippen LogP contribution in [-0.4, -0.2) is 9.55 Å². The average molecular weight is 589 g/mol. The smallest absolute Gasteiger partial charge is 0.227 e. The van der Waals surface area contributed by atoms with Gasteiger partial charge < -0.3 is 8.98 Å². The van der Waals surface area contributed by atoms with Crippen molar-refractivity contribution in [1.82, 2.24) is 9.55 Å². The van der Waals surface area contributed by atoms with Crippen LogP contribution < -0.4 is 0 Å². The van der Waals surface area contributed by atoms with Crippen LogP contribution in [0.3, 0.4) is 0 Å². The third-order valence-corrected chi connectivity index (χ3v) is 8.84. The van der Waals surface area contributed by atoms with Crippen LogP contribution in [0.5, 0.6) is 0 Å². The van der Waals surface area contributed by atoms with E-state index < -0.39 is 0 Å². The van der Waals surface area contributed by atoms with Crippen LogP contribution in [0.1, 0.15) is 0 Å². The third-order valence-electron chi connectivity index (χ3n) is 8.84. The Morgan fingerprint density at radius 1 is 0.413 bits per heavy atom. The van der Waals surface area contributed by atoms with Crippen molar-refractivity contribution >= 4 is 32.9 Å². The lowest BCUT2D eigenvalue weighted by Crippen LogP contribution is -1.92. The molecule has 0 aliphatic rings. The Kier molecular flexibility index (Phi) is 6.14. The van der Waals surface area contributed by atoms with Gasteiger partial charge in [0.05, 0.1) is 11.0 Å². The Morgan fingerprint density at radius 3 is 1.76 bits per heavy atom. The second-order valence-electron chi connectivity index (χ2n) is 11.6. The molecule has 0 spiro atoms. The molecule has 0 amide bonds. The highest BCUT2D eigenvalue weighted by atomic mass is 16.3. The highest BCUT2D eigenvalue weighted by molar-refractivity contribution is 6.10. The lowest BCUT2D eigenvalue weighted by molar-refractivity contribution is 0.620. The molecule has 216 valence electrons. The van der Waals surface area contributed by atoms with Crippen LogP contribution >= 0.6 is 0 Å². The van der Waals surface area contributed by atoms with E-state index in [0.717, 1.165) is 50.2 Å². The van der Waals surface area contributed by atoms with E-state index in [1.54, 1.807) is 0 Å². The molecule has 0 saturated carbocycles. The lowest BCUT2D eigenvalue weighted by atomic mass is 9.98. The van der Waals surface area contributed by atoms with Gasteiger partial charge in [-0.2, -0.15) is 0 Å². The van der Waals surface area contributed by atoms with Gasteiger partial charge in [-0.3, -0.25) is 0 Å². The summed E-state index contributed by atoms with van der Waals surface area (Å²) in [5, 5.41) is 2.48. The van der Waals surface area contributed by atoms with Gasteiger partial charge in [-0.15, -0.1) is 0 Å². The van der Waals surface area contributed by atoms with Crippen molar-refractivity contribution in [2.45, 2.75) is 0 Å². The molecule has 46 heavy (non-hydrogen) atoms. The van der Waals surface area contributed by atoms with Gasteiger partial charge in [-0.25, -0.2) is 4.98 Å². The molecule has 0 unspecified atom stereocenters. The second kappa shape index (κ2) is 10.8. The van der Waals surface area contributed by atoms with Gasteiger partial charge in [-0.1, -0.05) is 115 Å². The van der Waals surface area contributed by atoms with Gasteiger partial charge >= 0.3 is 0 Å². The van der Waals surface area contributed by atoms with Crippen LogP contribution in [0.25, 0.3) is 83.4 Å². The molecule has 0 aliphatic heterocycles. The fraction of sp³-hybridized carbons (Fsp3) is 0. The van der Waals surface area contributed by atoms with Crippen molar-refractivity contribution in [3.8, 4) is 50.5 Å². The largest absolute Gasteiger partial charge is 0.436 e. The van der Waals surface area contributed by atoms with Crippen molar-refractivity contribution < 1.29 is 4.42 Å².